The zero-order chi connectivity index (χ0) is 26.0. The van der Waals surface area contributed by atoms with E-state index in [4.69, 9.17) is 20.6 Å². The molecule has 0 atom stereocenters. The van der Waals surface area contributed by atoms with Gasteiger partial charge in [-0.2, -0.15) is 4.99 Å². The smallest absolute Gasteiger partial charge is 0.279 e. The highest BCUT2D eigenvalue weighted by atomic mass is 32.2. The highest BCUT2D eigenvalue weighted by molar-refractivity contribution is 7.92. The second-order valence-corrected chi connectivity index (χ2v) is 10.6. The van der Waals surface area contributed by atoms with E-state index in [0.29, 0.717) is 35.3 Å². The first-order valence-corrected chi connectivity index (χ1v) is 13.4. The van der Waals surface area contributed by atoms with Gasteiger partial charge in [0.25, 0.3) is 15.9 Å². The van der Waals surface area contributed by atoms with E-state index in [0.717, 1.165) is 10.2 Å². The number of thiazole rings is 1. The first-order valence-electron chi connectivity index (χ1n) is 11.1. The third-order valence-corrected chi connectivity index (χ3v) is 7.96. The fourth-order valence-corrected chi connectivity index (χ4v) is 5.86. The molecule has 37 heavy (non-hydrogen) atoms. The van der Waals surface area contributed by atoms with Crippen LogP contribution in [-0.2, 0) is 16.6 Å². The molecule has 0 saturated carbocycles. The molecule has 0 aliphatic carbocycles. The number of hydrogen-bond donors (Lipinski definition) is 1. The summed E-state index contributed by atoms with van der Waals surface area (Å²) in [7, 11) is -2.38. The van der Waals surface area contributed by atoms with Gasteiger partial charge in [-0.15, -0.1) is 6.42 Å². The molecular formula is C26H21N3O6S2. The average Bonchev–Trinajstić information content (AvgIpc) is 3.23. The summed E-state index contributed by atoms with van der Waals surface area (Å²) in [6, 6.07) is 15.8. The van der Waals surface area contributed by atoms with E-state index in [1.165, 1.54) is 36.6 Å². The maximum atomic E-state index is 13.1. The van der Waals surface area contributed by atoms with Crippen LogP contribution in [-0.4, -0.2) is 39.2 Å². The lowest BCUT2D eigenvalue weighted by atomic mass is 10.2. The van der Waals surface area contributed by atoms with Crippen LogP contribution in [0.2, 0.25) is 0 Å². The molecule has 0 spiro atoms. The highest BCUT2D eigenvalue weighted by Crippen LogP contribution is 2.35. The fraction of sp³-hybridized carbons (Fsp3) is 0.154. The molecule has 3 aromatic carbocycles. The number of terminal acetylenes is 1. The zero-order valence-corrected chi connectivity index (χ0v) is 21.3. The minimum atomic E-state index is -3.87. The SMILES string of the molecule is C#CCn1c(=NC(=O)c2cccc(NS(=O)(=O)c3ccc(OC)cc3)c2)sc2cc3c(cc21)OCCO3. The van der Waals surface area contributed by atoms with E-state index in [1.54, 1.807) is 34.9 Å². The third-order valence-electron chi connectivity index (χ3n) is 5.52. The Balaban J connectivity index is 1.47. The number of aromatic nitrogens is 1. The van der Waals surface area contributed by atoms with E-state index in [1.807, 2.05) is 12.1 Å². The number of amides is 1. The van der Waals surface area contributed by atoms with E-state index in [-0.39, 0.29) is 22.7 Å². The van der Waals surface area contributed by atoms with Crippen molar-refractivity contribution < 1.29 is 27.4 Å². The minimum Gasteiger partial charge on any atom is -0.497 e. The van der Waals surface area contributed by atoms with E-state index in [9.17, 15) is 13.2 Å². The number of methoxy groups -OCH3 is 1. The average molecular weight is 536 g/mol. The van der Waals surface area contributed by atoms with Gasteiger partial charge in [-0.25, -0.2) is 8.42 Å². The molecule has 1 aromatic heterocycles. The molecule has 1 N–H and O–H groups in total. The summed E-state index contributed by atoms with van der Waals surface area (Å²) in [6.45, 7) is 1.11. The van der Waals surface area contributed by atoms with Crippen molar-refractivity contribution in [2.24, 2.45) is 4.99 Å². The Bertz CT molecular complexity index is 1710. The lowest BCUT2D eigenvalue weighted by Crippen LogP contribution is -2.17. The van der Waals surface area contributed by atoms with Crippen molar-refractivity contribution in [2.75, 3.05) is 25.0 Å². The van der Waals surface area contributed by atoms with Crippen LogP contribution in [0.25, 0.3) is 10.2 Å². The van der Waals surface area contributed by atoms with Crippen LogP contribution in [0.4, 0.5) is 5.69 Å². The molecular weight excluding hydrogens is 514 g/mol. The number of benzene rings is 3. The molecule has 0 radical (unpaired) electrons. The summed E-state index contributed by atoms with van der Waals surface area (Å²) in [6.07, 6.45) is 5.58. The van der Waals surface area contributed by atoms with Gasteiger partial charge in [-0.05, 0) is 42.5 Å². The van der Waals surface area contributed by atoms with Crippen LogP contribution in [0.1, 0.15) is 10.4 Å². The molecule has 9 nitrogen and oxygen atoms in total. The fourth-order valence-electron chi connectivity index (χ4n) is 3.77. The molecule has 2 heterocycles. The Morgan fingerprint density at radius 2 is 1.86 bits per heavy atom. The highest BCUT2D eigenvalue weighted by Gasteiger charge is 2.18. The van der Waals surface area contributed by atoms with E-state index >= 15 is 0 Å². The van der Waals surface area contributed by atoms with Crippen LogP contribution in [0.5, 0.6) is 17.2 Å². The van der Waals surface area contributed by atoms with Gasteiger partial charge in [0.05, 0.1) is 28.8 Å². The summed E-state index contributed by atoms with van der Waals surface area (Å²) >= 11 is 1.30. The number of nitrogens with zero attached hydrogens (tertiary/aromatic N) is 2. The van der Waals surface area contributed by atoms with Gasteiger partial charge in [0.1, 0.15) is 19.0 Å². The zero-order valence-electron chi connectivity index (χ0n) is 19.6. The molecule has 0 bridgehead atoms. The minimum absolute atomic E-state index is 0.0611. The van der Waals surface area contributed by atoms with E-state index < -0.39 is 15.9 Å². The number of rotatable bonds is 6. The van der Waals surface area contributed by atoms with E-state index in [2.05, 4.69) is 15.6 Å². The van der Waals surface area contributed by atoms with Gasteiger partial charge in [-0.1, -0.05) is 23.3 Å². The number of carbonyl (C=O) groups is 1. The maximum absolute atomic E-state index is 13.1. The number of sulfonamides is 1. The van der Waals surface area contributed by atoms with Crippen LogP contribution < -0.4 is 23.7 Å². The number of anilines is 1. The van der Waals surface area contributed by atoms with Crippen molar-refractivity contribution in [3.8, 4) is 29.6 Å². The first-order chi connectivity index (χ1) is 17.9. The molecule has 188 valence electrons. The van der Waals surface area contributed by atoms with Crippen LogP contribution in [0.15, 0.2) is 70.6 Å². The Hall–Kier alpha value is -4.27. The summed E-state index contributed by atoms with van der Waals surface area (Å²) in [5.74, 6) is 3.83. The van der Waals surface area contributed by atoms with Gasteiger partial charge in [0, 0.05) is 23.4 Å². The maximum Gasteiger partial charge on any atom is 0.279 e. The number of nitrogens with one attached hydrogen (secondary N) is 1. The Labute approximate surface area is 217 Å². The Kier molecular flexibility index (Phi) is 6.60. The Morgan fingerprint density at radius 1 is 1.14 bits per heavy atom. The monoisotopic (exact) mass is 535 g/mol. The lowest BCUT2D eigenvalue weighted by molar-refractivity contribution is 0.0998. The van der Waals surface area contributed by atoms with Crippen molar-refractivity contribution in [2.45, 2.75) is 11.4 Å². The van der Waals surface area contributed by atoms with Crippen molar-refractivity contribution in [3.05, 3.63) is 71.0 Å². The van der Waals surface area contributed by atoms with Crippen LogP contribution in [0, 0.1) is 12.3 Å². The standard InChI is InChI=1S/C26H21N3O6S2/c1-3-11-29-21-15-22-23(35-13-12-34-22)16-24(21)36-26(29)27-25(30)17-5-4-6-18(14-17)28-37(31,32)20-9-7-19(33-2)8-10-20/h1,4-10,14-16,28H,11-13H2,2H3. The predicted molar refractivity (Wildman–Crippen MR) is 140 cm³/mol. The second-order valence-electron chi connectivity index (χ2n) is 7.92. The molecule has 0 saturated heterocycles. The van der Waals surface area contributed by atoms with Gasteiger partial charge >= 0.3 is 0 Å². The quantitative estimate of drug-likeness (QED) is 0.378. The molecule has 0 unspecified atom stereocenters. The summed E-state index contributed by atoms with van der Waals surface area (Å²) in [5.41, 5.74) is 1.22. The summed E-state index contributed by atoms with van der Waals surface area (Å²) in [4.78, 5) is 17.9. The Morgan fingerprint density at radius 3 is 2.57 bits per heavy atom. The van der Waals surface area contributed by atoms with Crippen LogP contribution >= 0.6 is 11.3 Å². The predicted octanol–water partition coefficient (Wildman–Crippen LogP) is 3.66. The number of fused-ring (bicyclic) bond motifs is 2. The van der Waals surface area contributed by atoms with Gasteiger partial charge in [0.2, 0.25) is 0 Å². The normalized spacial score (nSPS) is 13.2. The second kappa shape index (κ2) is 10.0. The summed E-state index contributed by atoms with van der Waals surface area (Å²) in [5, 5.41) is 0. The summed E-state index contributed by atoms with van der Waals surface area (Å²) < 4.78 is 47.1. The largest absolute Gasteiger partial charge is 0.497 e. The molecule has 4 aromatic rings. The molecule has 1 aliphatic rings. The van der Waals surface area contributed by atoms with Crippen molar-refractivity contribution in [1.82, 2.24) is 4.57 Å². The van der Waals surface area contributed by atoms with Gasteiger partial charge < -0.3 is 18.8 Å². The lowest BCUT2D eigenvalue weighted by Gasteiger charge is -2.18. The topological polar surface area (TPSA) is 108 Å². The molecule has 1 amide bonds. The molecule has 5 rings (SSSR count). The molecule has 1 aliphatic heterocycles. The molecule has 0 fully saturated rings. The van der Waals surface area contributed by atoms with Crippen molar-refractivity contribution >= 4 is 43.2 Å². The van der Waals surface area contributed by atoms with Crippen LogP contribution in [0.3, 0.4) is 0 Å². The number of carbonyl (C=O) groups excluding carboxylic acids is 1. The first kappa shape index (κ1) is 24.4. The number of hydrogen-bond acceptors (Lipinski definition) is 7. The molecule has 11 heteroatoms. The van der Waals surface area contributed by atoms with Gasteiger partial charge in [0.15, 0.2) is 16.3 Å². The van der Waals surface area contributed by atoms with Crippen molar-refractivity contribution in [3.63, 3.8) is 0 Å². The van der Waals surface area contributed by atoms with Gasteiger partial charge in [-0.3, -0.25) is 9.52 Å². The van der Waals surface area contributed by atoms with Crippen molar-refractivity contribution in [1.29, 1.82) is 0 Å². The third kappa shape index (κ3) is 5.02. The number of ether oxygens (including phenoxy) is 3.